The van der Waals surface area contributed by atoms with Crippen LogP contribution in [0.25, 0.3) is 22.0 Å². The summed E-state index contributed by atoms with van der Waals surface area (Å²) < 4.78 is 32.5. The van der Waals surface area contributed by atoms with Crippen molar-refractivity contribution in [1.82, 2.24) is 9.97 Å². The number of thiazole rings is 2. The predicted octanol–water partition coefficient (Wildman–Crippen LogP) is 5.37. The molecule has 4 rings (SSSR count). The molecule has 0 aliphatic carbocycles. The Morgan fingerprint density at radius 3 is 2.85 bits per heavy atom. The number of amides is 1. The number of aryl methyl sites for hydroxylation is 1. The number of rotatable bonds is 4. The van der Waals surface area contributed by atoms with Gasteiger partial charge < -0.3 is 4.42 Å². The number of anilines is 1. The van der Waals surface area contributed by atoms with Crippen molar-refractivity contribution < 1.29 is 18.0 Å². The second-order valence-electron chi connectivity index (χ2n) is 5.52. The van der Waals surface area contributed by atoms with E-state index in [2.05, 4.69) is 15.3 Å². The predicted molar refractivity (Wildman–Crippen MR) is 100.0 cm³/mol. The van der Waals surface area contributed by atoms with Crippen LogP contribution in [-0.2, 0) is 0 Å². The number of hydrogen-bond acceptors (Lipinski definition) is 6. The number of nitrogens with zero attached hydrogens (tertiary/aromatic N) is 2. The normalized spacial score (nSPS) is 10.9. The van der Waals surface area contributed by atoms with Gasteiger partial charge in [0.2, 0.25) is 0 Å². The number of furan rings is 1. The summed E-state index contributed by atoms with van der Waals surface area (Å²) in [7, 11) is 0. The minimum atomic E-state index is -0.585. The highest BCUT2D eigenvalue weighted by Gasteiger charge is 2.19. The Morgan fingerprint density at radius 2 is 2.07 bits per heavy atom. The number of carbonyl (C=O) groups excluding carboxylic acids is 1. The quantitative estimate of drug-likeness (QED) is 0.498. The minimum Gasteiger partial charge on any atom is -0.462 e. The molecule has 0 aliphatic rings. The lowest BCUT2D eigenvalue weighted by molar-refractivity contribution is 0.102. The molecule has 136 valence electrons. The molecule has 0 fully saturated rings. The van der Waals surface area contributed by atoms with E-state index in [1.54, 1.807) is 24.4 Å². The van der Waals surface area contributed by atoms with Gasteiger partial charge in [-0.2, -0.15) is 0 Å². The van der Waals surface area contributed by atoms with Crippen molar-refractivity contribution in [3.63, 3.8) is 0 Å². The van der Waals surface area contributed by atoms with E-state index in [-0.39, 0.29) is 22.1 Å². The molecule has 1 amide bonds. The van der Waals surface area contributed by atoms with Crippen molar-refractivity contribution >= 4 is 33.7 Å². The summed E-state index contributed by atoms with van der Waals surface area (Å²) in [4.78, 5) is 21.7. The molecule has 0 saturated heterocycles. The molecule has 27 heavy (non-hydrogen) atoms. The van der Waals surface area contributed by atoms with E-state index in [1.165, 1.54) is 17.6 Å². The molecule has 0 atom stereocenters. The lowest BCUT2D eigenvalue weighted by Crippen LogP contribution is -2.13. The zero-order chi connectivity index (χ0) is 19.0. The summed E-state index contributed by atoms with van der Waals surface area (Å²) in [6.07, 6.45) is 1.54. The molecule has 0 unspecified atom stereocenters. The van der Waals surface area contributed by atoms with Crippen molar-refractivity contribution in [1.29, 1.82) is 0 Å². The van der Waals surface area contributed by atoms with Crippen LogP contribution in [0.1, 0.15) is 15.4 Å². The second-order valence-corrected chi connectivity index (χ2v) is 7.58. The second kappa shape index (κ2) is 7.01. The summed E-state index contributed by atoms with van der Waals surface area (Å²) in [6, 6.07) is 6.65. The summed E-state index contributed by atoms with van der Waals surface area (Å²) >= 11 is 2.46. The van der Waals surface area contributed by atoms with Crippen molar-refractivity contribution in [2.75, 3.05) is 5.32 Å². The highest BCUT2D eigenvalue weighted by atomic mass is 32.1. The molecular weight excluding hydrogens is 392 g/mol. The lowest BCUT2D eigenvalue weighted by atomic mass is 10.1. The van der Waals surface area contributed by atoms with Crippen LogP contribution in [0.2, 0.25) is 0 Å². The first-order valence-corrected chi connectivity index (χ1v) is 9.44. The number of halogens is 2. The maximum Gasteiger partial charge on any atom is 0.277 e. The van der Waals surface area contributed by atoms with Crippen LogP contribution in [0.4, 0.5) is 13.9 Å². The van der Waals surface area contributed by atoms with Gasteiger partial charge in [0.1, 0.15) is 17.3 Å². The summed E-state index contributed by atoms with van der Waals surface area (Å²) in [5.74, 6) is -0.992. The van der Waals surface area contributed by atoms with E-state index in [1.807, 2.05) is 0 Å². The van der Waals surface area contributed by atoms with Gasteiger partial charge in [0.15, 0.2) is 15.9 Å². The number of nitrogens with one attached hydrogen (secondary N) is 1. The molecule has 1 aromatic carbocycles. The Balaban J connectivity index is 1.56. The van der Waals surface area contributed by atoms with Crippen molar-refractivity contribution in [2.45, 2.75) is 6.92 Å². The van der Waals surface area contributed by atoms with Gasteiger partial charge in [-0.15, -0.1) is 22.7 Å². The molecule has 5 nitrogen and oxygen atoms in total. The van der Waals surface area contributed by atoms with Crippen LogP contribution >= 0.6 is 22.7 Å². The molecule has 9 heteroatoms. The van der Waals surface area contributed by atoms with Gasteiger partial charge in [-0.25, -0.2) is 18.7 Å². The average molecular weight is 403 g/mol. The maximum atomic E-state index is 13.9. The molecule has 0 bridgehead atoms. The van der Waals surface area contributed by atoms with Crippen LogP contribution in [0.3, 0.4) is 0 Å². The third-order valence-electron chi connectivity index (χ3n) is 3.67. The fraction of sp³-hybridized carbons (Fsp3) is 0.0556. The maximum absolute atomic E-state index is 13.9. The number of hydrogen-bond donors (Lipinski definition) is 1. The van der Waals surface area contributed by atoms with Crippen LogP contribution in [0, 0.1) is 18.6 Å². The largest absolute Gasteiger partial charge is 0.462 e. The van der Waals surface area contributed by atoms with Gasteiger partial charge in [0, 0.05) is 15.8 Å². The third-order valence-corrected chi connectivity index (χ3v) is 5.42. The molecular formula is C18H11F2N3O2S2. The van der Waals surface area contributed by atoms with Gasteiger partial charge in [-0.05, 0) is 37.3 Å². The summed E-state index contributed by atoms with van der Waals surface area (Å²) in [6.45, 7) is 1.79. The smallest absolute Gasteiger partial charge is 0.277 e. The molecule has 1 N–H and O–H groups in total. The van der Waals surface area contributed by atoms with Gasteiger partial charge in [-0.1, -0.05) is 0 Å². The fourth-order valence-corrected chi connectivity index (χ4v) is 4.00. The summed E-state index contributed by atoms with van der Waals surface area (Å²) in [5, 5.41) is 5.07. The highest BCUT2D eigenvalue weighted by Crippen LogP contribution is 2.30. The molecule has 0 aliphatic heterocycles. The van der Waals surface area contributed by atoms with E-state index >= 15 is 0 Å². The van der Waals surface area contributed by atoms with E-state index in [9.17, 15) is 13.6 Å². The minimum absolute atomic E-state index is 0.0386. The van der Waals surface area contributed by atoms with Gasteiger partial charge in [0.05, 0.1) is 12.0 Å². The first-order valence-electron chi connectivity index (χ1n) is 7.75. The van der Waals surface area contributed by atoms with Crippen LogP contribution in [0.5, 0.6) is 0 Å². The summed E-state index contributed by atoms with van der Waals surface area (Å²) in [5.41, 5.74) is 0.551. The van der Waals surface area contributed by atoms with Gasteiger partial charge >= 0.3 is 0 Å². The Morgan fingerprint density at radius 1 is 1.22 bits per heavy atom. The van der Waals surface area contributed by atoms with E-state index < -0.39 is 17.5 Å². The van der Waals surface area contributed by atoms with Crippen LogP contribution in [-0.4, -0.2) is 15.9 Å². The number of carbonyl (C=O) groups is 1. The molecule has 3 aromatic heterocycles. The Bertz CT molecular complexity index is 1120. The van der Waals surface area contributed by atoms with E-state index in [4.69, 9.17) is 4.42 Å². The zero-order valence-corrected chi connectivity index (χ0v) is 15.5. The van der Waals surface area contributed by atoms with Gasteiger partial charge in [-0.3, -0.25) is 10.1 Å². The topological polar surface area (TPSA) is 68.0 Å². The first kappa shape index (κ1) is 17.5. The van der Waals surface area contributed by atoms with Crippen molar-refractivity contribution in [2.24, 2.45) is 0 Å². The molecule has 0 spiro atoms. The van der Waals surface area contributed by atoms with Gasteiger partial charge in [0.25, 0.3) is 5.91 Å². The number of aromatic nitrogens is 2. The monoisotopic (exact) mass is 403 g/mol. The SMILES string of the molecule is Cc1sc(-c2ccco2)nc1C(=O)Nc1nc(-c2cc(F)ccc2F)cs1. The van der Waals surface area contributed by atoms with Crippen LogP contribution in [0.15, 0.2) is 46.4 Å². The highest BCUT2D eigenvalue weighted by molar-refractivity contribution is 7.15. The standard InChI is InChI=1S/C18H11F2N3O2S2/c1-9-15(22-17(27-9)14-3-2-6-25-14)16(24)23-18-21-13(8-26-18)11-7-10(19)4-5-12(11)20/h2-8H,1H3,(H,21,23,24). The molecule has 0 saturated carbocycles. The number of benzene rings is 1. The third kappa shape index (κ3) is 3.51. The van der Waals surface area contributed by atoms with E-state index in [0.29, 0.717) is 10.8 Å². The molecule has 0 radical (unpaired) electrons. The zero-order valence-electron chi connectivity index (χ0n) is 13.8. The Hall–Kier alpha value is -2.91. The Labute approximate surface area is 160 Å². The van der Waals surface area contributed by atoms with Crippen molar-refractivity contribution in [3.05, 3.63) is 64.2 Å². The van der Waals surface area contributed by atoms with E-state index in [0.717, 1.165) is 34.4 Å². The molecule has 4 aromatic rings. The lowest BCUT2D eigenvalue weighted by Gasteiger charge is -2.00. The molecule has 3 heterocycles. The fourth-order valence-electron chi connectivity index (χ4n) is 2.42. The Kier molecular flexibility index (Phi) is 4.54. The average Bonchev–Trinajstić information content (AvgIpc) is 3.37. The van der Waals surface area contributed by atoms with Crippen molar-refractivity contribution in [3.8, 4) is 22.0 Å². The first-order chi connectivity index (χ1) is 13.0. The van der Waals surface area contributed by atoms with Crippen LogP contribution < -0.4 is 5.32 Å².